The number of hydrogen-bond acceptors (Lipinski definition) is 4. The van der Waals surface area contributed by atoms with Crippen molar-refractivity contribution in [1.29, 1.82) is 0 Å². The molecule has 5 nitrogen and oxygen atoms in total. The largest absolute Gasteiger partial charge is 0.550 e. The van der Waals surface area contributed by atoms with Gasteiger partial charge in [-0.3, -0.25) is 4.79 Å². The zero-order valence-corrected chi connectivity index (χ0v) is 10.5. The molecule has 0 saturated heterocycles. The third kappa shape index (κ3) is 2.13. The number of carboxylic acids is 1. The Labute approximate surface area is 111 Å². The maximum absolute atomic E-state index is 12.2. The maximum Gasteiger partial charge on any atom is 0.224 e. The van der Waals surface area contributed by atoms with Gasteiger partial charge in [0.1, 0.15) is 5.76 Å². The predicted molar refractivity (Wildman–Crippen MR) is 63.4 cm³/mol. The zero-order valence-electron chi connectivity index (χ0n) is 10.5. The van der Waals surface area contributed by atoms with E-state index in [0.717, 1.165) is 19.3 Å². The number of nitrogens with one attached hydrogen (secondary N) is 1. The first kappa shape index (κ1) is 12.3. The molecular formula is C14H16NO4-. The van der Waals surface area contributed by atoms with E-state index in [2.05, 4.69) is 5.32 Å². The molecule has 2 fully saturated rings. The normalized spacial score (nSPS) is 32.4. The van der Waals surface area contributed by atoms with E-state index < -0.39 is 17.8 Å². The third-order valence-corrected chi connectivity index (χ3v) is 4.51. The number of carbonyl (C=O) groups excluding carboxylic acids is 2. The van der Waals surface area contributed by atoms with Gasteiger partial charge in [0.05, 0.1) is 12.8 Å². The summed E-state index contributed by atoms with van der Waals surface area (Å²) < 4.78 is 5.14. The Kier molecular flexibility index (Phi) is 3.05. The highest BCUT2D eigenvalue weighted by molar-refractivity contribution is 5.85. The van der Waals surface area contributed by atoms with Crippen molar-refractivity contribution >= 4 is 11.9 Å². The van der Waals surface area contributed by atoms with Gasteiger partial charge in [0.15, 0.2) is 0 Å². The lowest BCUT2D eigenvalue weighted by Gasteiger charge is -2.30. The monoisotopic (exact) mass is 262 g/mol. The summed E-state index contributed by atoms with van der Waals surface area (Å²) in [6, 6.07) is 3.53. The number of amides is 1. The number of hydrogen-bond donors (Lipinski definition) is 1. The highest BCUT2D eigenvalue weighted by atomic mass is 16.4. The van der Waals surface area contributed by atoms with Crippen molar-refractivity contribution in [2.24, 2.45) is 23.7 Å². The van der Waals surface area contributed by atoms with Crippen LogP contribution in [0.5, 0.6) is 0 Å². The standard InChI is InChI=1S/C14H17NO4/c16-13(15-7-10-2-1-5-19-10)11-8-3-4-9(6-8)12(11)14(17)18/h1-2,5,8-9,11-12H,3-4,6-7H2,(H,15,16)(H,17,18)/p-1/t8-,9+,11+,12+/m1/s1. The van der Waals surface area contributed by atoms with Crippen LogP contribution in [0.4, 0.5) is 0 Å². The van der Waals surface area contributed by atoms with Crippen LogP contribution in [0.15, 0.2) is 22.8 Å². The molecule has 0 spiro atoms. The molecule has 2 aliphatic carbocycles. The summed E-state index contributed by atoms with van der Waals surface area (Å²) in [4.78, 5) is 23.4. The van der Waals surface area contributed by atoms with Crippen LogP contribution in [0.25, 0.3) is 0 Å². The Morgan fingerprint density at radius 3 is 2.68 bits per heavy atom. The molecule has 102 valence electrons. The summed E-state index contributed by atoms with van der Waals surface area (Å²) in [7, 11) is 0. The van der Waals surface area contributed by atoms with E-state index in [1.807, 2.05) is 0 Å². The van der Waals surface area contributed by atoms with Crippen LogP contribution in [-0.2, 0) is 16.1 Å². The average Bonchev–Trinajstić information content (AvgIpc) is 3.10. The molecule has 0 aromatic carbocycles. The lowest BCUT2D eigenvalue weighted by molar-refractivity contribution is -0.314. The highest BCUT2D eigenvalue weighted by Gasteiger charge is 2.51. The summed E-state index contributed by atoms with van der Waals surface area (Å²) in [5.74, 6) is -1.32. The summed E-state index contributed by atoms with van der Waals surface area (Å²) in [5, 5.41) is 14.0. The number of carboxylic acid groups (broad SMARTS) is 1. The first-order valence-electron chi connectivity index (χ1n) is 6.67. The SMILES string of the molecule is O=C([O-])[C@H]1[C@H]2CC[C@H](C2)[C@@H]1C(=O)NCc1ccco1. The lowest BCUT2D eigenvalue weighted by Crippen LogP contribution is -2.45. The van der Waals surface area contributed by atoms with Crippen LogP contribution in [0, 0.1) is 23.7 Å². The number of furan rings is 1. The molecule has 1 heterocycles. The van der Waals surface area contributed by atoms with Crippen molar-refractivity contribution in [2.45, 2.75) is 25.8 Å². The van der Waals surface area contributed by atoms with Crippen molar-refractivity contribution in [3.8, 4) is 0 Å². The van der Waals surface area contributed by atoms with Crippen LogP contribution < -0.4 is 10.4 Å². The quantitative estimate of drug-likeness (QED) is 0.846. The molecule has 4 atom stereocenters. The molecule has 19 heavy (non-hydrogen) atoms. The molecule has 0 unspecified atom stereocenters. The van der Waals surface area contributed by atoms with E-state index in [1.165, 1.54) is 0 Å². The van der Waals surface area contributed by atoms with E-state index >= 15 is 0 Å². The lowest BCUT2D eigenvalue weighted by atomic mass is 9.79. The van der Waals surface area contributed by atoms with Crippen LogP contribution in [0.1, 0.15) is 25.0 Å². The van der Waals surface area contributed by atoms with Gasteiger partial charge in [0, 0.05) is 17.8 Å². The molecule has 1 aromatic heterocycles. The smallest absolute Gasteiger partial charge is 0.224 e. The second-order valence-electron chi connectivity index (χ2n) is 5.50. The van der Waals surface area contributed by atoms with Gasteiger partial charge in [-0.25, -0.2) is 0 Å². The molecule has 1 N–H and O–H groups in total. The molecular weight excluding hydrogens is 246 g/mol. The van der Waals surface area contributed by atoms with Gasteiger partial charge in [-0.15, -0.1) is 0 Å². The molecule has 0 aliphatic heterocycles. The van der Waals surface area contributed by atoms with E-state index in [1.54, 1.807) is 18.4 Å². The van der Waals surface area contributed by atoms with E-state index in [4.69, 9.17) is 4.42 Å². The minimum absolute atomic E-state index is 0.120. The summed E-state index contributed by atoms with van der Waals surface area (Å²) in [5.41, 5.74) is 0. The fourth-order valence-corrected chi connectivity index (χ4v) is 3.71. The summed E-state index contributed by atoms with van der Waals surface area (Å²) in [6.07, 6.45) is 4.25. The first-order valence-corrected chi connectivity index (χ1v) is 6.67. The molecule has 2 saturated carbocycles. The van der Waals surface area contributed by atoms with Gasteiger partial charge in [-0.2, -0.15) is 0 Å². The number of fused-ring (bicyclic) bond motifs is 2. The van der Waals surface area contributed by atoms with Gasteiger partial charge in [0.2, 0.25) is 5.91 Å². The fourth-order valence-electron chi connectivity index (χ4n) is 3.71. The summed E-state index contributed by atoms with van der Waals surface area (Å²) in [6.45, 7) is 0.305. The van der Waals surface area contributed by atoms with E-state index in [-0.39, 0.29) is 17.7 Å². The fraction of sp³-hybridized carbons (Fsp3) is 0.571. The van der Waals surface area contributed by atoms with Gasteiger partial charge >= 0.3 is 0 Å². The molecule has 3 rings (SSSR count). The van der Waals surface area contributed by atoms with E-state index in [9.17, 15) is 14.7 Å². The second kappa shape index (κ2) is 4.72. The molecule has 1 amide bonds. The molecule has 2 bridgehead atoms. The van der Waals surface area contributed by atoms with Crippen molar-refractivity contribution in [1.82, 2.24) is 5.32 Å². The van der Waals surface area contributed by atoms with Crippen LogP contribution >= 0.6 is 0 Å². The van der Waals surface area contributed by atoms with E-state index in [0.29, 0.717) is 12.3 Å². The topological polar surface area (TPSA) is 82.4 Å². The minimum atomic E-state index is -1.08. The molecule has 1 aromatic rings. The Hall–Kier alpha value is -1.78. The Morgan fingerprint density at radius 2 is 2.05 bits per heavy atom. The predicted octanol–water partition coefficient (Wildman–Crippen LogP) is 0.308. The number of rotatable bonds is 4. The summed E-state index contributed by atoms with van der Waals surface area (Å²) >= 11 is 0. The van der Waals surface area contributed by atoms with Gasteiger partial charge in [-0.05, 0) is 43.2 Å². The Bertz CT molecular complexity index is 482. The molecule has 0 radical (unpaired) electrons. The van der Waals surface area contributed by atoms with Gasteiger partial charge in [0.25, 0.3) is 0 Å². The highest BCUT2D eigenvalue weighted by Crippen LogP contribution is 2.52. The number of aliphatic carboxylic acids is 1. The van der Waals surface area contributed by atoms with Crippen molar-refractivity contribution in [2.75, 3.05) is 0 Å². The second-order valence-corrected chi connectivity index (χ2v) is 5.50. The average molecular weight is 262 g/mol. The Balaban J connectivity index is 1.66. The van der Waals surface area contributed by atoms with Crippen LogP contribution in [0.3, 0.4) is 0 Å². The first-order chi connectivity index (χ1) is 9.16. The van der Waals surface area contributed by atoms with Crippen LogP contribution in [-0.4, -0.2) is 11.9 Å². The van der Waals surface area contributed by atoms with Gasteiger partial charge in [-0.1, -0.05) is 0 Å². The molecule has 2 aliphatic rings. The van der Waals surface area contributed by atoms with Crippen molar-refractivity contribution in [3.63, 3.8) is 0 Å². The van der Waals surface area contributed by atoms with Gasteiger partial charge < -0.3 is 19.6 Å². The number of carbonyl (C=O) groups is 2. The van der Waals surface area contributed by atoms with Crippen LogP contribution in [0.2, 0.25) is 0 Å². The van der Waals surface area contributed by atoms with Crippen molar-refractivity contribution < 1.29 is 19.1 Å². The zero-order chi connectivity index (χ0) is 13.4. The maximum atomic E-state index is 12.2. The molecule has 5 heteroatoms. The Morgan fingerprint density at radius 1 is 1.32 bits per heavy atom. The third-order valence-electron chi connectivity index (χ3n) is 4.51. The minimum Gasteiger partial charge on any atom is -0.550 e. The van der Waals surface area contributed by atoms with Crippen molar-refractivity contribution in [3.05, 3.63) is 24.2 Å².